The van der Waals surface area contributed by atoms with Gasteiger partial charge < -0.3 is 18.9 Å². The van der Waals surface area contributed by atoms with E-state index in [2.05, 4.69) is 5.32 Å². The van der Waals surface area contributed by atoms with Gasteiger partial charge in [-0.1, -0.05) is 12.1 Å². The first kappa shape index (κ1) is 14.3. The van der Waals surface area contributed by atoms with Crippen LogP contribution in [-0.4, -0.2) is 12.5 Å². The van der Waals surface area contributed by atoms with Crippen LogP contribution < -0.4 is 10.1 Å². The molecule has 114 valence electrons. The van der Waals surface area contributed by atoms with E-state index in [1.54, 1.807) is 12.1 Å². The third kappa shape index (κ3) is 2.70. The molecule has 1 amide bonds. The van der Waals surface area contributed by atoms with Crippen LogP contribution in [0.2, 0.25) is 0 Å². The van der Waals surface area contributed by atoms with Gasteiger partial charge in [0.2, 0.25) is 0 Å². The highest BCUT2D eigenvalue weighted by molar-refractivity contribution is 5.91. The first-order chi connectivity index (χ1) is 10.7. The summed E-state index contributed by atoms with van der Waals surface area (Å²) in [6, 6.07) is 10.7. The van der Waals surface area contributed by atoms with Crippen molar-refractivity contribution in [1.82, 2.24) is 5.32 Å². The molecular weight excluding hydrogens is 282 g/mol. The summed E-state index contributed by atoms with van der Waals surface area (Å²) in [6.45, 7) is 4.35. The molecule has 3 rings (SSSR count). The minimum atomic E-state index is -0.278. The highest BCUT2D eigenvalue weighted by Crippen LogP contribution is 2.31. The number of rotatable bonds is 5. The molecule has 0 saturated heterocycles. The maximum atomic E-state index is 12.0. The predicted octanol–water partition coefficient (Wildman–Crippen LogP) is 3.92. The maximum Gasteiger partial charge on any atom is 0.287 e. The molecular formula is C17H17NO4. The van der Waals surface area contributed by atoms with Gasteiger partial charge in [0.1, 0.15) is 5.76 Å². The summed E-state index contributed by atoms with van der Waals surface area (Å²) >= 11 is 0. The van der Waals surface area contributed by atoms with Gasteiger partial charge >= 0.3 is 0 Å². The van der Waals surface area contributed by atoms with Gasteiger partial charge in [-0.25, -0.2) is 0 Å². The van der Waals surface area contributed by atoms with Gasteiger partial charge in [0, 0.05) is 5.39 Å². The monoisotopic (exact) mass is 299 g/mol. The smallest absolute Gasteiger partial charge is 0.287 e. The number of hydrogen-bond donors (Lipinski definition) is 1. The van der Waals surface area contributed by atoms with Gasteiger partial charge in [-0.15, -0.1) is 0 Å². The molecule has 0 aliphatic heterocycles. The molecule has 0 radical (unpaired) electrons. The van der Waals surface area contributed by atoms with Gasteiger partial charge in [0.05, 0.1) is 18.9 Å². The number of carbonyl (C=O) groups excluding carboxylic acids is 1. The van der Waals surface area contributed by atoms with Crippen molar-refractivity contribution in [3.63, 3.8) is 0 Å². The Morgan fingerprint density at radius 2 is 2.18 bits per heavy atom. The molecule has 0 bridgehead atoms. The van der Waals surface area contributed by atoms with Crippen molar-refractivity contribution < 1.29 is 18.4 Å². The van der Waals surface area contributed by atoms with E-state index < -0.39 is 0 Å². The molecule has 5 nitrogen and oxygen atoms in total. The number of carbonyl (C=O) groups is 1. The SMILES string of the molecule is CCOc1cccc2cc(C(C)NC(=O)c3ccco3)oc12. The Morgan fingerprint density at radius 3 is 2.91 bits per heavy atom. The molecule has 1 atom stereocenters. The summed E-state index contributed by atoms with van der Waals surface area (Å²) in [5.74, 6) is 1.37. The predicted molar refractivity (Wildman–Crippen MR) is 82.0 cm³/mol. The first-order valence-electron chi connectivity index (χ1n) is 7.18. The summed E-state index contributed by atoms with van der Waals surface area (Å²) in [5, 5.41) is 3.79. The van der Waals surface area contributed by atoms with Crippen molar-refractivity contribution in [3.05, 3.63) is 54.2 Å². The van der Waals surface area contributed by atoms with Crippen molar-refractivity contribution in [3.8, 4) is 5.75 Å². The first-order valence-corrected chi connectivity index (χ1v) is 7.18. The number of ether oxygens (including phenoxy) is 1. The van der Waals surface area contributed by atoms with Crippen LogP contribution >= 0.6 is 0 Å². The van der Waals surface area contributed by atoms with Crippen LogP contribution in [0.5, 0.6) is 5.75 Å². The van der Waals surface area contributed by atoms with Gasteiger partial charge in [-0.3, -0.25) is 4.79 Å². The Labute approximate surface area is 127 Å². The van der Waals surface area contributed by atoms with Crippen molar-refractivity contribution in [2.45, 2.75) is 19.9 Å². The zero-order chi connectivity index (χ0) is 15.5. The third-order valence-corrected chi connectivity index (χ3v) is 3.35. The Kier molecular flexibility index (Phi) is 3.87. The lowest BCUT2D eigenvalue weighted by Gasteiger charge is -2.09. The second-order valence-corrected chi connectivity index (χ2v) is 4.93. The number of para-hydroxylation sites is 1. The van der Waals surface area contributed by atoms with Crippen LogP contribution in [0.25, 0.3) is 11.0 Å². The van der Waals surface area contributed by atoms with Crippen molar-refractivity contribution in [1.29, 1.82) is 0 Å². The fraction of sp³-hybridized carbons (Fsp3) is 0.235. The number of fused-ring (bicyclic) bond motifs is 1. The molecule has 3 aromatic rings. The second kappa shape index (κ2) is 5.97. The molecule has 0 fully saturated rings. The topological polar surface area (TPSA) is 64.6 Å². The highest BCUT2D eigenvalue weighted by Gasteiger charge is 2.18. The number of amides is 1. The fourth-order valence-corrected chi connectivity index (χ4v) is 2.29. The molecule has 1 N–H and O–H groups in total. The van der Waals surface area contributed by atoms with E-state index in [0.29, 0.717) is 23.7 Å². The van der Waals surface area contributed by atoms with E-state index >= 15 is 0 Å². The highest BCUT2D eigenvalue weighted by atomic mass is 16.5. The standard InChI is InChI=1S/C17H17NO4/c1-3-20-13-7-4-6-12-10-15(22-16(12)13)11(2)18-17(19)14-8-5-9-21-14/h4-11H,3H2,1-2H3,(H,18,19). The zero-order valence-electron chi connectivity index (χ0n) is 12.5. The van der Waals surface area contributed by atoms with E-state index in [-0.39, 0.29) is 17.7 Å². The second-order valence-electron chi connectivity index (χ2n) is 4.93. The van der Waals surface area contributed by atoms with Crippen molar-refractivity contribution in [2.75, 3.05) is 6.61 Å². The van der Waals surface area contributed by atoms with Gasteiger partial charge in [0.15, 0.2) is 17.1 Å². The number of benzene rings is 1. The molecule has 0 aliphatic rings. The summed E-state index contributed by atoms with van der Waals surface area (Å²) < 4.78 is 16.5. The number of hydrogen-bond acceptors (Lipinski definition) is 4. The minimum absolute atomic E-state index is 0.275. The van der Waals surface area contributed by atoms with Gasteiger partial charge in [0.25, 0.3) is 5.91 Å². The van der Waals surface area contributed by atoms with E-state index in [1.165, 1.54) is 6.26 Å². The maximum absolute atomic E-state index is 12.0. The Hall–Kier alpha value is -2.69. The molecule has 1 unspecified atom stereocenters. The minimum Gasteiger partial charge on any atom is -0.490 e. The quantitative estimate of drug-likeness (QED) is 0.775. The van der Waals surface area contributed by atoms with Crippen molar-refractivity contribution >= 4 is 16.9 Å². The van der Waals surface area contributed by atoms with E-state index in [4.69, 9.17) is 13.6 Å². The molecule has 2 heterocycles. The fourth-order valence-electron chi connectivity index (χ4n) is 2.29. The van der Waals surface area contributed by atoms with Crippen LogP contribution in [0.1, 0.15) is 36.2 Å². The largest absolute Gasteiger partial charge is 0.490 e. The molecule has 22 heavy (non-hydrogen) atoms. The van der Waals surface area contributed by atoms with Crippen LogP contribution in [0.4, 0.5) is 0 Å². The van der Waals surface area contributed by atoms with Gasteiger partial charge in [-0.2, -0.15) is 0 Å². The summed E-state index contributed by atoms with van der Waals surface area (Å²) in [5.41, 5.74) is 0.693. The Morgan fingerprint density at radius 1 is 1.32 bits per heavy atom. The zero-order valence-corrected chi connectivity index (χ0v) is 12.5. The summed E-state index contributed by atoms with van der Waals surface area (Å²) in [4.78, 5) is 12.0. The van der Waals surface area contributed by atoms with Crippen LogP contribution in [-0.2, 0) is 0 Å². The summed E-state index contributed by atoms with van der Waals surface area (Å²) in [7, 11) is 0. The lowest BCUT2D eigenvalue weighted by atomic mass is 10.2. The summed E-state index contributed by atoms with van der Waals surface area (Å²) in [6.07, 6.45) is 1.47. The lowest BCUT2D eigenvalue weighted by Crippen LogP contribution is -2.25. The average molecular weight is 299 g/mol. The Bertz CT molecular complexity index is 773. The third-order valence-electron chi connectivity index (χ3n) is 3.35. The van der Waals surface area contributed by atoms with E-state index in [9.17, 15) is 4.79 Å². The van der Waals surface area contributed by atoms with E-state index in [1.807, 2.05) is 38.1 Å². The number of nitrogens with one attached hydrogen (secondary N) is 1. The molecule has 2 aromatic heterocycles. The average Bonchev–Trinajstić information content (AvgIpc) is 3.17. The Balaban J connectivity index is 1.83. The van der Waals surface area contributed by atoms with Crippen molar-refractivity contribution in [2.24, 2.45) is 0 Å². The lowest BCUT2D eigenvalue weighted by molar-refractivity contribution is 0.0907. The van der Waals surface area contributed by atoms with E-state index in [0.717, 1.165) is 5.39 Å². The molecule has 0 saturated carbocycles. The van der Waals surface area contributed by atoms with Gasteiger partial charge in [-0.05, 0) is 38.1 Å². The molecule has 1 aromatic carbocycles. The normalized spacial score (nSPS) is 12.3. The van der Waals surface area contributed by atoms with Crippen LogP contribution in [0, 0.1) is 0 Å². The molecule has 5 heteroatoms. The molecule has 0 spiro atoms. The van der Waals surface area contributed by atoms with Crippen LogP contribution in [0.15, 0.2) is 51.5 Å². The molecule has 0 aliphatic carbocycles. The number of furan rings is 2. The van der Waals surface area contributed by atoms with Crippen LogP contribution in [0.3, 0.4) is 0 Å².